The first kappa shape index (κ1) is 15.8. The van der Waals surface area contributed by atoms with Crippen molar-refractivity contribution in [2.24, 2.45) is 5.92 Å². The highest BCUT2D eigenvalue weighted by Gasteiger charge is 2.17. The molecule has 0 amide bonds. The Kier molecular flexibility index (Phi) is 5.59. The largest absolute Gasteiger partial charge is 0.354 e. The van der Waals surface area contributed by atoms with Crippen LogP contribution in [0.3, 0.4) is 0 Å². The van der Waals surface area contributed by atoms with Crippen LogP contribution < -0.4 is 15.1 Å². The second-order valence-corrected chi connectivity index (χ2v) is 6.11. The number of nitrogens with zero attached hydrogens (tertiary/aromatic N) is 5. The van der Waals surface area contributed by atoms with E-state index in [9.17, 15) is 0 Å². The van der Waals surface area contributed by atoms with Crippen LogP contribution in [0.25, 0.3) is 0 Å². The number of piperidine rings is 1. The Morgan fingerprint density at radius 2 is 1.86 bits per heavy atom. The SMILES string of the molecule is CCNc1nc(N(C)CC(C)C)nc(N2CCCCC2)n1. The molecule has 1 saturated heterocycles. The van der Waals surface area contributed by atoms with Crippen LogP contribution >= 0.6 is 0 Å². The van der Waals surface area contributed by atoms with Crippen molar-refractivity contribution >= 4 is 17.8 Å². The first-order valence-electron chi connectivity index (χ1n) is 8.06. The molecular formula is C15H28N6. The van der Waals surface area contributed by atoms with Crippen molar-refractivity contribution in [3.05, 3.63) is 0 Å². The van der Waals surface area contributed by atoms with Crippen LogP contribution in [0, 0.1) is 5.92 Å². The van der Waals surface area contributed by atoms with E-state index in [1.165, 1.54) is 19.3 Å². The van der Waals surface area contributed by atoms with Gasteiger partial charge < -0.3 is 15.1 Å². The summed E-state index contributed by atoms with van der Waals surface area (Å²) >= 11 is 0. The molecule has 1 aromatic heterocycles. The molecule has 0 aromatic carbocycles. The standard InChI is InChI=1S/C15H28N6/c1-5-16-13-17-14(20(4)11-12(2)3)19-15(18-13)21-9-7-6-8-10-21/h12H,5-11H2,1-4H3,(H,16,17,18,19). The van der Waals surface area contributed by atoms with Crippen molar-refractivity contribution < 1.29 is 0 Å². The van der Waals surface area contributed by atoms with Gasteiger partial charge in [0, 0.05) is 33.2 Å². The minimum atomic E-state index is 0.577. The zero-order valence-electron chi connectivity index (χ0n) is 13.8. The van der Waals surface area contributed by atoms with Crippen molar-refractivity contribution in [1.29, 1.82) is 0 Å². The van der Waals surface area contributed by atoms with Gasteiger partial charge in [0.1, 0.15) is 0 Å². The van der Waals surface area contributed by atoms with Gasteiger partial charge in [0.15, 0.2) is 0 Å². The van der Waals surface area contributed by atoms with Gasteiger partial charge in [-0.25, -0.2) is 0 Å². The van der Waals surface area contributed by atoms with Gasteiger partial charge >= 0.3 is 0 Å². The fraction of sp³-hybridized carbons (Fsp3) is 0.800. The molecule has 0 aliphatic carbocycles. The van der Waals surface area contributed by atoms with Gasteiger partial charge in [-0.2, -0.15) is 15.0 Å². The predicted octanol–water partition coefficient (Wildman–Crippen LogP) is 2.39. The summed E-state index contributed by atoms with van der Waals surface area (Å²) in [5.74, 6) is 2.83. The summed E-state index contributed by atoms with van der Waals surface area (Å²) in [6, 6.07) is 0. The number of anilines is 3. The Hall–Kier alpha value is -1.59. The molecule has 0 spiro atoms. The first-order chi connectivity index (χ1) is 10.1. The average molecular weight is 292 g/mol. The lowest BCUT2D eigenvalue weighted by molar-refractivity contribution is 0.566. The van der Waals surface area contributed by atoms with E-state index in [0.29, 0.717) is 11.9 Å². The molecule has 0 atom stereocenters. The molecule has 2 heterocycles. The van der Waals surface area contributed by atoms with E-state index in [0.717, 1.165) is 38.1 Å². The number of hydrogen-bond donors (Lipinski definition) is 1. The quantitative estimate of drug-likeness (QED) is 0.869. The summed E-state index contributed by atoms with van der Waals surface area (Å²) < 4.78 is 0. The molecule has 0 bridgehead atoms. The molecule has 0 radical (unpaired) electrons. The van der Waals surface area contributed by atoms with Gasteiger partial charge in [0.2, 0.25) is 17.8 Å². The third kappa shape index (κ3) is 4.44. The Balaban J connectivity index is 2.24. The Labute approximate surface area is 128 Å². The molecule has 1 aliphatic heterocycles. The van der Waals surface area contributed by atoms with Crippen LogP contribution in [0.5, 0.6) is 0 Å². The van der Waals surface area contributed by atoms with Crippen molar-refractivity contribution in [3.63, 3.8) is 0 Å². The Morgan fingerprint density at radius 3 is 2.48 bits per heavy atom. The molecule has 21 heavy (non-hydrogen) atoms. The smallest absolute Gasteiger partial charge is 0.231 e. The van der Waals surface area contributed by atoms with Gasteiger partial charge in [-0.15, -0.1) is 0 Å². The summed E-state index contributed by atoms with van der Waals surface area (Å²) in [5, 5.41) is 3.22. The van der Waals surface area contributed by atoms with E-state index in [1.807, 2.05) is 7.05 Å². The molecule has 1 N–H and O–H groups in total. The van der Waals surface area contributed by atoms with Crippen LogP contribution in [-0.4, -0.2) is 48.2 Å². The highest BCUT2D eigenvalue weighted by Crippen LogP contribution is 2.20. The second-order valence-electron chi connectivity index (χ2n) is 6.11. The lowest BCUT2D eigenvalue weighted by Crippen LogP contribution is -2.32. The van der Waals surface area contributed by atoms with E-state index in [1.54, 1.807) is 0 Å². The van der Waals surface area contributed by atoms with Crippen molar-refractivity contribution in [1.82, 2.24) is 15.0 Å². The van der Waals surface area contributed by atoms with E-state index in [4.69, 9.17) is 0 Å². The van der Waals surface area contributed by atoms with Gasteiger partial charge in [-0.1, -0.05) is 13.8 Å². The lowest BCUT2D eigenvalue weighted by Gasteiger charge is -2.28. The molecule has 2 rings (SSSR count). The normalized spacial score (nSPS) is 15.4. The molecule has 6 heteroatoms. The maximum Gasteiger partial charge on any atom is 0.231 e. The van der Waals surface area contributed by atoms with Gasteiger partial charge in [0.25, 0.3) is 0 Å². The third-order valence-electron chi connectivity index (χ3n) is 3.57. The summed E-state index contributed by atoms with van der Waals surface area (Å²) in [6.07, 6.45) is 3.75. The van der Waals surface area contributed by atoms with Crippen molar-refractivity contribution in [2.75, 3.05) is 48.3 Å². The number of aromatic nitrogens is 3. The van der Waals surface area contributed by atoms with Gasteiger partial charge in [-0.05, 0) is 32.1 Å². The van der Waals surface area contributed by atoms with Crippen LogP contribution in [0.15, 0.2) is 0 Å². The average Bonchev–Trinajstić information content (AvgIpc) is 2.47. The van der Waals surface area contributed by atoms with Crippen LogP contribution in [-0.2, 0) is 0 Å². The van der Waals surface area contributed by atoms with E-state index >= 15 is 0 Å². The van der Waals surface area contributed by atoms with E-state index in [-0.39, 0.29) is 0 Å². The number of hydrogen-bond acceptors (Lipinski definition) is 6. The second kappa shape index (κ2) is 7.43. The molecule has 1 fully saturated rings. The van der Waals surface area contributed by atoms with Gasteiger partial charge in [0.05, 0.1) is 0 Å². The summed E-state index contributed by atoms with van der Waals surface area (Å²) in [6.45, 7) is 10.3. The predicted molar refractivity (Wildman–Crippen MR) is 88.2 cm³/mol. The molecule has 0 unspecified atom stereocenters. The molecule has 1 aromatic rings. The number of rotatable bonds is 6. The van der Waals surface area contributed by atoms with Crippen LogP contribution in [0.4, 0.5) is 17.8 Å². The first-order valence-corrected chi connectivity index (χ1v) is 8.06. The zero-order valence-corrected chi connectivity index (χ0v) is 13.8. The molecular weight excluding hydrogens is 264 g/mol. The Morgan fingerprint density at radius 1 is 1.14 bits per heavy atom. The monoisotopic (exact) mass is 292 g/mol. The minimum Gasteiger partial charge on any atom is -0.354 e. The molecule has 1 aliphatic rings. The summed E-state index contributed by atoms with van der Waals surface area (Å²) in [7, 11) is 2.05. The van der Waals surface area contributed by atoms with E-state index in [2.05, 4.69) is 50.8 Å². The number of nitrogens with one attached hydrogen (secondary N) is 1. The maximum atomic E-state index is 4.68. The highest BCUT2D eigenvalue weighted by molar-refractivity contribution is 5.45. The van der Waals surface area contributed by atoms with Crippen molar-refractivity contribution in [2.45, 2.75) is 40.0 Å². The topological polar surface area (TPSA) is 57.2 Å². The Bertz CT molecular complexity index is 442. The van der Waals surface area contributed by atoms with Crippen LogP contribution in [0.1, 0.15) is 40.0 Å². The fourth-order valence-corrected chi connectivity index (χ4v) is 2.63. The molecule has 6 nitrogen and oxygen atoms in total. The summed E-state index contributed by atoms with van der Waals surface area (Å²) in [4.78, 5) is 18.2. The van der Waals surface area contributed by atoms with Gasteiger partial charge in [-0.3, -0.25) is 0 Å². The lowest BCUT2D eigenvalue weighted by atomic mass is 10.1. The van der Waals surface area contributed by atoms with E-state index < -0.39 is 0 Å². The van der Waals surface area contributed by atoms with Crippen LogP contribution in [0.2, 0.25) is 0 Å². The fourth-order valence-electron chi connectivity index (χ4n) is 2.63. The highest BCUT2D eigenvalue weighted by atomic mass is 15.4. The summed E-state index contributed by atoms with van der Waals surface area (Å²) in [5.41, 5.74) is 0. The third-order valence-corrected chi connectivity index (χ3v) is 3.57. The van der Waals surface area contributed by atoms with Crippen molar-refractivity contribution in [3.8, 4) is 0 Å². The minimum absolute atomic E-state index is 0.577. The molecule has 0 saturated carbocycles. The maximum absolute atomic E-state index is 4.68. The molecule has 118 valence electrons. The zero-order chi connectivity index (χ0) is 15.2.